The Balaban J connectivity index is 0.00000225. The maximum atomic E-state index is 13.2. The van der Waals surface area contributed by atoms with Crippen LogP contribution in [0.25, 0.3) is 10.9 Å². The normalized spacial score (nSPS) is 11.2. The molecule has 0 aliphatic carbocycles. The summed E-state index contributed by atoms with van der Waals surface area (Å²) in [5.41, 5.74) is 3.20. The quantitative estimate of drug-likeness (QED) is 0.313. The lowest BCUT2D eigenvalue weighted by molar-refractivity contribution is 0.629. The van der Waals surface area contributed by atoms with Crippen LogP contribution in [0.1, 0.15) is 11.1 Å². The minimum absolute atomic E-state index is 0. The minimum atomic E-state index is -0.223. The molecule has 0 amide bonds. The number of guanidine groups is 1. The third-order valence-electron chi connectivity index (χ3n) is 3.94. The molecule has 25 heavy (non-hydrogen) atoms. The third kappa shape index (κ3) is 5.19. The first-order valence-electron chi connectivity index (χ1n) is 8.00. The van der Waals surface area contributed by atoms with Gasteiger partial charge < -0.3 is 15.6 Å². The lowest BCUT2D eigenvalue weighted by atomic mass is 10.1. The molecular weight excluding hydrogens is 430 g/mol. The SMILES string of the molecule is CN=C(NCCc1c[nH]c2cc(F)ccc12)NCc1ccccc1.I. The van der Waals surface area contributed by atoms with E-state index in [1.54, 1.807) is 7.05 Å². The van der Waals surface area contributed by atoms with Crippen LogP contribution >= 0.6 is 24.0 Å². The molecule has 0 aliphatic rings. The number of nitrogens with zero attached hydrogens (tertiary/aromatic N) is 1. The van der Waals surface area contributed by atoms with Crippen molar-refractivity contribution in [2.45, 2.75) is 13.0 Å². The average Bonchev–Trinajstić information content (AvgIpc) is 3.01. The summed E-state index contributed by atoms with van der Waals surface area (Å²) in [7, 11) is 1.76. The molecule has 6 heteroatoms. The number of aliphatic imine (C=N–C) groups is 1. The summed E-state index contributed by atoms with van der Waals surface area (Å²) in [6.07, 6.45) is 2.77. The van der Waals surface area contributed by atoms with Gasteiger partial charge in [-0.15, -0.1) is 24.0 Å². The summed E-state index contributed by atoms with van der Waals surface area (Å²) >= 11 is 0. The molecule has 1 heterocycles. The van der Waals surface area contributed by atoms with E-state index in [-0.39, 0.29) is 29.8 Å². The molecule has 0 fully saturated rings. The van der Waals surface area contributed by atoms with E-state index in [2.05, 4.69) is 32.7 Å². The average molecular weight is 452 g/mol. The number of H-pyrrole nitrogens is 1. The highest BCUT2D eigenvalue weighted by Gasteiger charge is 2.05. The molecule has 3 aromatic rings. The van der Waals surface area contributed by atoms with Crippen molar-refractivity contribution in [1.29, 1.82) is 0 Å². The lowest BCUT2D eigenvalue weighted by Crippen LogP contribution is -2.37. The van der Waals surface area contributed by atoms with E-state index in [4.69, 9.17) is 0 Å². The zero-order valence-corrected chi connectivity index (χ0v) is 16.4. The number of halogens is 2. The Morgan fingerprint density at radius 2 is 1.92 bits per heavy atom. The van der Waals surface area contributed by atoms with Gasteiger partial charge >= 0.3 is 0 Å². The lowest BCUT2D eigenvalue weighted by Gasteiger charge is -2.11. The molecule has 4 nitrogen and oxygen atoms in total. The smallest absolute Gasteiger partial charge is 0.191 e. The van der Waals surface area contributed by atoms with Crippen LogP contribution in [0.3, 0.4) is 0 Å². The maximum absolute atomic E-state index is 13.2. The molecule has 3 rings (SSSR count). The Hall–Kier alpha value is -2.09. The molecule has 1 aromatic heterocycles. The van der Waals surface area contributed by atoms with Crippen molar-refractivity contribution in [3.8, 4) is 0 Å². The second kappa shape index (κ2) is 9.41. The third-order valence-corrected chi connectivity index (χ3v) is 3.94. The summed E-state index contributed by atoms with van der Waals surface area (Å²) in [5.74, 6) is 0.546. The first kappa shape index (κ1) is 19.2. The van der Waals surface area contributed by atoms with E-state index in [0.29, 0.717) is 0 Å². The zero-order chi connectivity index (χ0) is 16.8. The second-order valence-electron chi connectivity index (χ2n) is 5.59. The van der Waals surface area contributed by atoms with Gasteiger partial charge in [-0.1, -0.05) is 30.3 Å². The van der Waals surface area contributed by atoms with Gasteiger partial charge in [0.1, 0.15) is 5.82 Å². The number of rotatable bonds is 5. The van der Waals surface area contributed by atoms with Crippen molar-refractivity contribution in [3.05, 3.63) is 71.7 Å². The van der Waals surface area contributed by atoms with Gasteiger partial charge in [0.2, 0.25) is 0 Å². The van der Waals surface area contributed by atoms with Gasteiger partial charge in [0.15, 0.2) is 5.96 Å². The van der Waals surface area contributed by atoms with Crippen LogP contribution in [-0.2, 0) is 13.0 Å². The van der Waals surface area contributed by atoms with E-state index < -0.39 is 0 Å². The van der Waals surface area contributed by atoms with Gasteiger partial charge in [-0.05, 0) is 35.7 Å². The second-order valence-corrected chi connectivity index (χ2v) is 5.59. The number of aromatic nitrogens is 1. The standard InChI is InChI=1S/C19H21FN4.HI/c1-21-19(24-12-14-5-3-2-4-6-14)22-10-9-15-13-23-18-11-16(20)7-8-17(15)18;/h2-8,11,13,23H,9-10,12H2,1H3,(H2,21,22,24);1H. The predicted molar refractivity (Wildman–Crippen MR) is 112 cm³/mol. The molecule has 0 saturated heterocycles. The maximum Gasteiger partial charge on any atom is 0.191 e. The number of fused-ring (bicyclic) bond motifs is 1. The molecule has 2 aromatic carbocycles. The molecule has 0 atom stereocenters. The van der Waals surface area contributed by atoms with Gasteiger partial charge in [-0.3, -0.25) is 4.99 Å². The molecule has 132 valence electrons. The zero-order valence-electron chi connectivity index (χ0n) is 14.1. The Labute approximate surface area is 164 Å². The highest BCUT2D eigenvalue weighted by atomic mass is 127. The van der Waals surface area contributed by atoms with Crippen molar-refractivity contribution in [2.24, 2.45) is 4.99 Å². The fourth-order valence-corrected chi connectivity index (χ4v) is 2.68. The summed E-state index contributed by atoms with van der Waals surface area (Å²) in [6.45, 7) is 1.48. The molecule has 0 aliphatic heterocycles. The van der Waals surface area contributed by atoms with Crippen molar-refractivity contribution >= 4 is 40.8 Å². The number of aromatic amines is 1. The Morgan fingerprint density at radius 1 is 1.12 bits per heavy atom. The van der Waals surface area contributed by atoms with Crippen molar-refractivity contribution in [3.63, 3.8) is 0 Å². The first-order valence-corrected chi connectivity index (χ1v) is 8.00. The van der Waals surface area contributed by atoms with Crippen LogP contribution < -0.4 is 10.6 Å². The predicted octanol–water partition coefficient (Wildman–Crippen LogP) is 3.83. The fraction of sp³-hybridized carbons (Fsp3) is 0.211. The molecular formula is C19H22FIN4. The summed E-state index contributed by atoms with van der Waals surface area (Å²) in [4.78, 5) is 7.35. The van der Waals surface area contributed by atoms with E-state index in [0.717, 1.165) is 41.9 Å². The van der Waals surface area contributed by atoms with Gasteiger partial charge in [0.05, 0.1) is 0 Å². The van der Waals surface area contributed by atoms with Gasteiger partial charge in [0.25, 0.3) is 0 Å². The highest BCUT2D eigenvalue weighted by Crippen LogP contribution is 2.19. The molecule has 0 spiro atoms. The number of nitrogens with one attached hydrogen (secondary N) is 3. The monoisotopic (exact) mass is 452 g/mol. The van der Waals surface area contributed by atoms with Gasteiger partial charge in [0, 0.05) is 37.2 Å². The van der Waals surface area contributed by atoms with Crippen LogP contribution in [0.5, 0.6) is 0 Å². The Bertz CT molecular complexity index is 830. The van der Waals surface area contributed by atoms with Crippen molar-refractivity contribution in [1.82, 2.24) is 15.6 Å². The van der Waals surface area contributed by atoms with Crippen LogP contribution in [0.15, 0.2) is 59.7 Å². The summed E-state index contributed by atoms with van der Waals surface area (Å²) in [5, 5.41) is 7.66. The van der Waals surface area contributed by atoms with Crippen molar-refractivity contribution < 1.29 is 4.39 Å². The summed E-state index contributed by atoms with van der Waals surface area (Å²) < 4.78 is 13.2. The van der Waals surface area contributed by atoms with Crippen LogP contribution in [-0.4, -0.2) is 24.5 Å². The molecule has 0 radical (unpaired) electrons. The molecule has 0 bridgehead atoms. The summed E-state index contributed by atoms with van der Waals surface area (Å²) in [6, 6.07) is 15.0. The molecule has 3 N–H and O–H groups in total. The number of hydrogen-bond acceptors (Lipinski definition) is 1. The van der Waals surface area contributed by atoms with Gasteiger partial charge in [-0.2, -0.15) is 0 Å². The van der Waals surface area contributed by atoms with E-state index in [1.807, 2.05) is 30.5 Å². The van der Waals surface area contributed by atoms with E-state index in [1.165, 1.54) is 17.7 Å². The van der Waals surface area contributed by atoms with E-state index in [9.17, 15) is 4.39 Å². The number of benzene rings is 2. The Kier molecular flexibility index (Phi) is 7.24. The molecule has 0 saturated carbocycles. The largest absolute Gasteiger partial charge is 0.361 e. The first-order chi connectivity index (χ1) is 11.8. The van der Waals surface area contributed by atoms with E-state index >= 15 is 0 Å². The van der Waals surface area contributed by atoms with Crippen LogP contribution in [0, 0.1) is 5.82 Å². The van der Waals surface area contributed by atoms with Crippen LogP contribution in [0.2, 0.25) is 0 Å². The van der Waals surface area contributed by atoms with Gasteiger partial charge in [-0.25, -0.2) is 4.39 Å². The number of hydrogen-bond donors (Lipinski definition) is 3. The highest BCUT2D eigenvalue weighted by molar-refractivity contribution is 14.0. The van der Waals surface area contributed by atoms with Crippen molar-refractivity contribution in [2.75, 3.05) is 13.6 Å². The van der Waals surface area contributed by atoms with Crippen LogP contribution in [0.4, 0.5) is 4.39 Å². The topological polar surface area (TPSA) is 52.2 Å². The Morgan fingerprint density at radius 3 is 2.68 bits per heavy atom. The molecule has 0 unspecified atom stereocenters. The fourth-order valence-electron chi connectivity index (χ4n) is 2.68. The minimum Gasteiger partial charge on any atom is -0.361 e.